The van der Waals surface area contributed by atoms with Crippen molar-refractivity contribution in [2.24, 2.45) is 0 Å². The molecule has 2 heterocycles. The number of fused-ring (bicyclic) bond motifs is 1. The molecular formula is C26H20N4O4. The van der Waals surface area contributed by atoms with E-state index in [4.69, 9.17) is 9.51 Å². The summed E-state index contributed by atoms with van der Waals surface area (Å²) in [4.78, 5) is 32.2. The number of nitrogens with zero attached hydrogens (tertiary/aromatic N) is 3. The Hall–Kier alpha value is -4.46. The summed E-state index contributed by atoms with van der Waals surface area (Å²) in [6.07, 6.45) is 2.10. The van der Waals surface area contributed by atoms with Crippen LogP contribution in [0.1, 0.15) is 40.5 Å². The molecule has 1 aliphatic carbocycles. The second-order valence-corrected chi connectivity index (χ2v) is 8.53. The minimum absolute atomic E-state index is 0.240. The highest BCUT2D eigenvalue weighted by Crippen LogP contribution is 2.43. The third kappa shape index (κ3) is 3.23. The summed E-state index contributed by atoms with van der Waals surface area (Å²) in [5.74, 6) is -0.0502. The summed E-state index contributed by atoms with van der Waals surface area (Å²) in [5.41, 5.74) is 5.96. The number of aromatic carboxylic acids is 1. The van der Waals surface area contributed by atoms with E-state index >= 15 is 0 Å². The number of benzene rings is 3. The molecule has 8 heteroatoms. The zero-order valence-electron chi connectivity index (χ0n) is 18.3. The van der Waals surface area contributed by atoms with Crippen LogP contribution in [0.15, 0.2) is 70.0 Å². The highest BCUT2D eigenvalue weighted by molar-refractivity contribution is 6.03. The molecule has 2 N–H and O–H groups in total. The molecule has 1 saturated carbocycles. The summed E-state index contributed by atoms with van der Waals surface area (Å²) in [7, 11) is 0. The molecule has 1 fully saturated rings. The van der Waals surface area contributed by atoms with Gasteiger partial charge in [0.25, 0.3) is 0 Å². The van der Waals surface area contributed by atoms with Gasteiger partial charge >= 0.3 is 11.7 Å². The molecule has 6 rings (SSSR count). The molecule has 0 spiro atoms. The van der Waals surface area contributed by atoms with Crippen LogP contribution in [0, 0.1) is 6.92 Å². The standard InChI is InChI=1S/C26H20N4O4/c1-14-6-13-20(25(31)32)22-21(14)27-24(16-7-8-16)30(22)17-11-9-15(10-12-17)18-4-2-3-5-19(18)23-28-26(33)34-29-23/h2-6,9-13,16H,7-8H2,1H3,(H,31,32)(H,28,29,33). The molecule has 168 valence electrons. The normalized spacial score (nSPS) is 13.4. The minimum Gasteiger partial charge on any atom is -0.478 e. The van der Waals surface area contributed by atoms with E-state index in [9.17, 15) is 14.7 Å². The first-order valence-electron chi connectivity index (χ1n) is 11.0. The lowest BCUT2D eigenvalue weighted by Crippen LogP contribution is -2.05. The van der Waals surface area contributed by atoms with Crippen LogP contribution >= 0.6 is 0 Å². The van der Waals surface area contributed by atoms with Gasteiger partial charge in [0.1, 0.15) is 5.82 Å². The van der Waals surface area contributed by atoms with Crippen molar-refractivity contribution in [1.82, 2.24) is 19.7 Å². The summed E-state index contributed by atoms with van der Waals surface area (Å²) < 4.78 is 6.74. The number of imidazole rings is 1. The van der Waals surface area contributed by atoms with Crippen molar-refractivity contribution in [3.63, 3.8) is 0 Å². The third-order valence-corrected chi connectivity index (χ3v) is 6.26. The maximum absolute atomic E-state index is 12.0. The van der Waals surface area contributed by atoms with Crippen molar-refractivity contribution in [2.75, 3.05) is 0 Å². The molecule has 3 aromatic carbocycles. The Morgan fingerprint density at radius 2 is 1.76 bits per heavy atom. The average molecular weight is 452 g/mol. The lowest BCUT2D eigenvalue weighted by Gasteiger charge is -2.13. The van der Waals surface area contributed by atoms with E-state index in [1.54, 1.807) is 6.07 Å². The Morgan fingerprint density at radius 1 is 1.03 bits per heavy atom. The average Bonchev–Trinajstić information content (AvgIpc) is 3.47. The summed E-state index contributed by atoms with van der Waals surface area (Å²) in [6.45, 7) is 1.95. The van der Waals surface area contributed by atoms with Crippen LogP contribution in [0.3, 0.4) is 0 Å². The van der Waals surface area contributed by atoms with Gasteiger partial charge < -0.3 is 9.63 Å². The van der Waals surface area contributed by atoms with Crippen molar-refractivity contribution >= 4 is 17.0 Å². The van der Waals surface area contributed by atoms with E-state index in [1.165, 1.54) is 0 Å². The van der Waals surface area contributed by atoms with Crippen molar-refractivity contribution < 1.29 is 14.4 Å². The number of hydrogen-bond acceptors (Lipinski definition) is 5. The molecule has 8 nitrogen and oxygen atoms in total. The van der Waals surface area contributed by atoms with Crippen LogP contribution in [0.25, 0.3) is 39.2 Å². The van der Waals surface area contributed by atoms with Crippen molar-refractivity contribution in [2.45, 2.75) is 25.7 Å². The van der Waals surface area contributed by atoms with Crippen LogP contribution in [0.2, 0.25) is 0 Å². The number of aromatic nitrogens is 4. The number of carbonyl (C=O) groups is 1. The van der Waals surface area contributed by atoms with Gasteiger partial charge in [-0.05, 0) is 54.7 Å². The number of aryl methyl sites for hydroxylation is 1. The zero-order valence-corrected chi connectivity index (χ0v) is 18.3. The van der Waals surface area contributed by atoms with Crippen LogP contribution in [-0.4, -0.2) is 30.8 Å². The van der Waals surface area contributed by atoms with Gasteiger partial charge in [0, 0.05) is 17.2 Å². The smallest absolute Gasteiger partial charge is 0.460 e. The summed E-state index contributed by atoms with van der Waals surface area (Å²) in [5, 5.41) is 12.4. The Kier molecular flexibility index (Phi) is 4.48. The molecule has 0 atom stereocenters. The second-order valence-electron chi connectivity index (χ2n) is 8.53. The number of H-pyrrole nitrogens is 1. The molecule has 5 aromatic rings. The molecule has 2 aromatic heterocycles. The zero-order chi connectivity index (χ0) is 23.4. The monoisotopic (exact) mass is 452 g/mol. The molecule has 0 radical (unpaired) electrons. The van der Waals surface area contributed by atoms with Gasteiger partial charge in [0.05, 0.1) is 16.6 Å². The molecule has 0 amide bonds. The van der Waals surface area contributed by atoms with E-state index in [1.807, 2.05) is 66.1 Å². The third-order valence-electron chi connectivity index (χ3n) is 6.26. The highest BCUT2D eigenvalue weighted by atomic mass is 16.5. The summed E-state index contributed by atoms with van der Waals surface area (Å²) >= 11 is 0. The fraction of sp³-hybridized carbons (Fsp3) is 0.154. The van der Waals surface area contributed by atoms with Crippen molar-refractivity contribution in [3.05, 3.63) is 88.2 Å². The van der Waals surface area contributed by atoms with Gasteiger partial charge in [-0.3, -0.25) is 4.57 Å². The van der Waals surface area contributed by atoms with Gasteiger partial charge in [-0.25, -0.2) is 14.6 Å². The molecule has 0 unspecified atom stereocenters. The summed E-state index contributed by atoms with van der Waals surface area (Å²) in [6, 6.07) is 19.0. The van der Waals surface area contributed by atoms with Gasteiger partial charge in [-0.15, -0.1) is 0 Å². The molecular weight excluding hydrogens is 432 g/mol. The van der Waals surface area contributed by atoms with Gasteiger partial charge in [0.2, 0.25) is 0 Å². The predicted octanol–water partition coefficient (Wildman–Crippen LogP) is 4.92. The quantitative estimate of drug-likeness (QED) is 0.391. The number of nitrogens with one attached hydrogen (secondary N) is 1. The number of carboxylic acids is 1. The van der Waals surface area contributed by atoms with Gasteiger partial charge in [-0.1, -0.05) is 42.5 Å². The maximum Gasteiger partial charge on any atom is 0.460 e. The second kappa shape index (κ2) is 7.55. The van der Waals surface area contributed by atoms with E-state index in [-0.39, 0.29) is 5.56 Å². The van der Waals surface area contributed by atoms with E-state index < -0.39 is 11.7 Å². The highest BCUT2D eigenvalue weighted by Gasteiger charge is 2.32. The number of carboxylic acid groups (broad SMARTS) is 1. The van der Waals surface area contributed by atoms with Crippen LogP contribution in [0.4, 0.5) is 0 Å². The number of hydrogen-bond donors (Lipinski definition) is 2. The van der Waals surface area contributed by atoms with Crippen molar-refractivity contribution in [1.29, 1.82) is 0 Å². The molecule has 34 heavy (non-hydrogen) atoms. The first-order valence-corrected chi connectivity index (χ1v) is 11.0. The SMILES string of the molecule is Cc1ccc(C(=O)O)c2c1nc(C1CC1)n2-c1ccc(-c2ccccc2-c2nc(=O)o[nH]2)cc1. The fourth-order valence-electron chi connectivity index (χ4n) is 4.45. The maximum atomic E-state index is 12.0. The molecule has 0 saturated heterocycles. The largest absolute Gasteiger partial charge is 0.478 e. The lowest BCUT2D eigenvalue weighted by atomic mass is 9.99. The lowest BCUT2D eigenvalue weighted by molar-refractivity contribution is 0.0698. The first kappa shape index (κ1) is 20.2. The van der Waals surface area contributed by atoms with Gasteiger partial charge in [-0.2, -0.15) is 10.1 Å². The van der Waals surface area contributed by atoms with Crippen LogP contribution in [-0.2, 0) is 0 Å². The fourth-order valence-corrected chi connectivity index (χ4v) is 4.45. The van der Waals surface area contributed by atoms with E-state index in [2.05, 4.69) is 10.1 Å². The minimum atomic E-state index is -0.972. The Bertz CT molecular complexity index is 1620. The Labute approximate surface area is 193 Å². The number of aromatic amines is 1. The van der Waals surface area contributed by atoms with Crippen LogP contribution in [0.5, 0.6) is 0 Å². The predicted molar refractivity (Wildman–Crippen MR) is 126 cm³/mol. The van der Waals surface area contributed by atoms with Crippen LogP contribution < -0.4 is 5.76 Å². The van der Waals surface area contributed by atoms with E-state index in [0.29, 0.717) is 17.3 Å². The van der Waals surface area contributed by atoms with Gasteiger partial charge in [0.15, 0.2) is 5.82 Å². The van der Waals surface area contributed by atoms with E-state index in [0.717, 1.165) is 52.1 Å². The van der Waals surface area contributed by atoms with Crippen molar-refractivity contribution in [3.8, 4) is 28.2 Å². The molecule has 0 aliphatic heterocycles. The molecule has 1 aliphatic rings. The molecule has 0 bridgehead atoms. The number of rotatable bonds is 5. The topological polar surface area (TPSA) is 114 Å². The Balaban J connectivity index is 1.51. The Morgan fingerprint density at radius 3 is 2.41 bits per heavy atom. The first-order chi connectivity index (χ1) is 16.5.